The van der Waals surface area contributed by atoms with Crippen LogP contribution in [0.25, 0.3) is 0 Å². The molecular weight excluding hydrogens is 356 g/mol. The van der Waals surface area contributed by atoms with Gasteiger partial charge in [-0.2, -0.15) is 0 Å². The minimum absolute atomic E-state index is 0.539. The Morgan fingerprint density at radius 1 is 0.897 bits per heavy atom. The van der Waals surface area contributed by atoms with Gasteiger partial charge in [0.2, 0.25) is 0 Å². The number of aromatic nitrogens is 2. The highest BCUT2D eigenvalue weighted by molar-refractivity contribution is 4.88. The molecule has 0 aliphatic carbocycles. The Labute approximate surface area is 181 Å². The van der Waals surface area contributed by atoms with Crippen LogP contribution in [-0.4, -0.2) is 22.8 Å². The first-order chi connectivity index (χ1) is 14.2. The van der Waals surface area contributed by atoms with Crippen molar-refractivity contribution in [3.8, 4) is 0 Å². The molecule has 0 radical (unpaired) electrons. The summed E-state index contributed by atoms with van der Waals surface area (Å²) in [5, 5.41) is 0. The zero-order chi connectivity index (χ0) is 21.0. The Bertz CT molecular complexity index is 495. The average Bonchev–Trinajstić information content (AvgIpc) is 3.11. The van der Waals surface area contributed by atoms with E-state index in [1.807, 2.05) is 6.20 Å². The van der Waals surface area contributed by atoms with Crippen molar-refractivity contribution in [3.05, 3.63) is 30.4 Å². The lowest BCUT2D eigenvalue weighted by atomic mass is 10.1. The highest BCUT2D eigenvalue weighted by Gasteiger charge is 2.05. The van der Waals surface area contributed by atoms with Gasteiger partial charge >= 0.3 is 0 Å². The van der Waals surface area contributed by atoms with Crippen molar-refractivity contribution in [1.82, 2.24) is 9.55 Å². The number of hydrogen-bond acceptors (Lipinski definition) is 2. The smallest absolute Gasteiger partial charge is 0.105 e. The highest BCUT2D eigenvalue weighted by Crippen LogP contribution is 2.10. The normalized spacial score (nSPS) is 12.8. The number of allylic oxidation sites excluding steroid dienone is 2. The van der Waals surface area contributed by atoms with Crippen LogP contribution in [-0.2, 0) is 11.3 Å². The Balaban J connectivity index is 1.77. The van der Waals surface area contributed by atoms with Crippen molar-refractivity contribution >= 4 is 0 Å². The number of rotatable bonds is 20. The van der Waals surface area contributed by atoms with E-state index in [-0.39, 0.29) is 0 Å². The molecular formula is C26H48N2O. The molecule has 1 rings (SSSR count). The summed E-state index contributed by atoms with van der Waals surface area (Å²) in [6.07, 6.45) is 27.7. The number of nitrogens with zero attached hydrogens (tertiary/aromatic N) is 2. The van der Waals surface area contributed by atoms with E-state index in [4.69, 9.17) is 4.74 Å². The van der Waals surface area contributed by atoms with E-state index in [2.05, 4.69) is 48.7 Å². The molecule has 1 aromatic rings. The van der Waals surface area contributed by atoms with E-state index in [1.54, 1.807) is 0 Å². The lowest BCUT2D eigenvalue weighted by Crippen LogP contribution is -2.14. The standard InChI is InChI=1S/C26H48N2O/c1-4-5-6-7-8-9-10-11-12-13-14-15-16-17-18-19-22-29-24-25(2)23-28-21-20-27-26(28)3/h11-12,20-21,25H,4-10,13-19,22-24H2,1-3H3/b12-11-. The van der Waals surface area contributed by atoms with Crippen LogP contribution in [0.15, 0.2) is 24.5 Å². The van der Waals surface area contributed by atoms with Gasteiger partial charge in [-0.25, -0.2) is 4.98 Å². The topological polar surface area (TPSA) is 27.1 Å². The molecule has 0 amide bonds. The number of imidazole rings is 1. The van der Waals surface area contributed by atoms with Crippen LogP contribution in [0.5, 0.6) is 0 Å². The van der Waals surface area contributed by atoms with Crippen LogP contribution in [0.3, 0.4) is 0 Å². The lowest BCUT2D eigenvalue weighted by molar-refractivity contribution is 0.0955. The largest absolute Gasteiger partial charge is 0.381 e. The van der Waals surface area contributed by atoms with E-state index in [0.29, 0.717) is 5.92 Å². The average molecular weight is 405 g/mol. The summed E-state index contributed by atoms with van der Waals surface area (Å²) in [6, 6.07) is 0. The van der Waals surface area contributed by atoms with Gasteiger partial charge in [-0.3, -0.25) is 0 Å². The second kappa shape index (κ2) is 18.9. The lowest BCUT2D eigenvalue weighted by Gasteiger charge is -2.13. The third kappa shape index (κ3) is 15.4. The van der Waals surface area contributed by atoms with Gasteiger partial charge in [-0.15, -0.1) is 0 Å². The van der Waals surface area contributed by atoms with Gasteiger partial charge < -0.3 is 9.30 Å². The van der Waals surface area contributed by atoms with E-state index in [9.17, 15) is 0 Å². The van der Waals surface area contributed by atoms with Gasteiger partial charge in [0.25, 0.3) is 0 Å². The first-order valence-electron chi connectivity index (χ1n) is 12.4. The molecule has 0 aliphatic rings. The number of unbranched alkanes of at least 4 members (excludes halogenated alkanes) is 12. The van der Waals surface area contributed by atoms with Gasteiger partial charge in [-0.1, -0.05) is 83.8 Å². The molecule has 0 aliphatic heterocycles. The van der Waals surface area contributed by atoms with Crippen molar-refractivity contribution < 1.29 is 4.74 Å². The van der Waals surface area contributed by atoms with Crippen LogP contribution in [0.1, 0.15) is 110 Å². The second-order valence-electron chi connectivity index (χ2n) is 8.74. The molecule has 1 atom stereocenters. The van der Waals surface area contributed by atoms with Crippen LogP contribution < -0.4 is 0 Å². The van der Waals surface area contributed by atoms with Gasteiger partial charge in [0.05, 0.1) is 6.61 Å². The predicted octanol–water partition coefficient (Wildman–Crippen LogP) is 7.88. The first kappa shape index (κ1) is 25.9. The summed E-state index contributed by atoms with van der Waals surface area (Å²) in [4.78, 5) is 4.27. The molecule has 0 bridgehead atoms. The Morgan fingerprint density at radius 2 is 1.48 bits per heavy atom. The second-order valence-corrected chi connectivity index (χ2v) is 8.74. The molecule has 168 valence electrons. The number of hydrogen-bond donors (Lipinski definition) is 0. The molecule has 0 aromatic carbocycles. The monoisotopic (exact) mass is 404 g/mol. The third-order valence-corrected chi connectivity index (χ3v) is 5.63. The third-order valence-electron chi connectivity index (χ3n) is 5.63. The molecule has 0 fully saturated rings. The summed E-state index contributed by atoms with van der Waals surface area (Å²) < 4.78 is 8.07. The van der Waals surface area contributed by atoms with Gasteiger partial charge in [-0.05, 0) is 44.9 Å². The van der Waals surface area contributed by atoms with Gasteiger partial charge in [0.1, 0.15) is 5.82 Å². The van der Waals surface area contributed by atoms with E-state index in [0.717, 1.165) is 25.6 Å². The summed E-state index contributed by atoms with van der Waals surface area (Å²) in [7, 11) is 0. The van der Waals surface area contributed by atoms with Crippen LogP contribution in [0.4, 0.5) is 0 Å². The quantitative estimate of drug-likeness (QED) is 0.163. The van der Waals surface area contributed by atoms with E-state index in [1.165, 1.54) is 89.9 Å². The van der Waals surface area contributed by atoms with Crippen molar-refractivity contribution in [3.63, 3.8) is 0 Å². The van der Waals surface area contributed by atoms with Gasteiger partial charge in [0, 0.05) is 25.5 Å². The molecule has 0 N–H and O–H groups in total. The minimum atomic E-state index is 0.539. The molecule has 0 saturated heterocycles. The van der Waals surface area contributed by atoms with E-state index >= 15 is 0 Å². The van der Waals surface area contributed by atoms with Crippen molar-refractivity contribution in [2.45, 2.75) is 117 Å². The summed E-state index contributed by atoms with van der Waals surface area (Å²) in [5.41, 5.74) is 0. The summed E-state index contributed by atoms with van der Waals surface area (Å²) >= 11 is 0. The van der Waals surface area contributed by atoms with Crippen molar-refractivity contribution in [2.75, 3.05) is 13.2 Å². The number of aryl methyl sites for hydroxylation is 1. The maximum absolute atomic E-state index is 5.86. The SMILES string of the molecule is CCCCCCCC/C=C\CCCCCCCCOCC(C)Cn1ccnc1C. The Hall–Kier alpha value is -1.09. The summed E-state index contributed by atoms with van der Waals surface area (Å²) in [5.74, 6) is 1.63. The molecule has 1 heterocycles. The molecule has 1 aromatic heterocycles. The molecule has 29 heavy (non-hydrogen) atoms. The zero-order valence-electron chi connectivity index (χ0n) is 19.7. The van der Waals surface area contributed by atoms with Crippen molar-refractivity contribution in [2.24, 2.45) is 5.92 Å². The predicted molar refractivity (Wildman–Crippen MR) is 126 cm³/mol. The van der Waals surface area contributed by atoms with Crippen LogP contribution in [0, 0.1) is 12.8 Å². The van der Waals surface area contributed by atoms with Gasteiger partial charge in [0.15, 0.2) is 0 Å². The molecule has 3 nitrogen and oxygen atoms in total. The fraction of sp³-hybridized carbons (Fsp3) is 0.808. The maximum Gasteiger partial charge on any atom is 0.105 e. The van der Waals surface area contributed by atoms with E-state index < -0.39 is 0 Å². The molecule has 0 saturated carbocycles. The molecule has 1 unspecified atom stereocenters. The maximum atomic E-state index is 5.86. The first-order valence-corrected chi connectivity index (χ1v) is 12.4. The minimum Gasteiger partial charge on any atom is -0.381 e. The fourth-order valence-electron chi connectivity index (χ4n) is 3.72. The molecule has 3 heteroatoms. The van der Waals surface area contributed by atoms with Crippen LogP contribution in [0.2, 0.25) is 0 Å². The zero-order valence-corrected chi connectivity index (χ0v) is 19.7. The highest BCUT2D eigenvalue weighted by atomic mass is 16.5. The Kier molecular flexibility index (Phi) is 16.9. The summed E-state index contributed by atoms with van der Waals surface area (Å²) in [6.45, 7) is 9.35. The molecule has 0 spiro atoms. The fourth-order valence-corrected chi connectivity index (χ4v) is 3.72. The van der Waals surface area contributed by atoms with Crippen molar-refractivity contribution in [1.29, 1.82) is 0 Å². The van der Waals surface area contributed by atoms with Crippen LogP contribution >= 0.6 is 0 Å². The number of ether oxygens (including phenoxy) is 1. The Morgan fingerprint density at radius 3 is 2.07 bits per heavy atom.